The van der Waals surface area contributed by atoms with Crippen molar-refractivity contribution in [3.63, 3.8) is 0 Å². The van der Waals surface area contributed by atoms with Crippen LogP contribution in [0.2, 0.25) is 5.02 Å². The van der Waals surface area contributed by atoms with E-state index in [1.165, 1.54) is 18.2 Å². The zero-order chi connectivity index (χ0) is 21.8. The number of nitro benzene ring substituents is 1. The fourth-order valence-electron chi connectivity index (χ4n) is 3.05. The number of aromatic amines is 1. The molecule has 0 bridgehead atoms. The number of carbonyl (C=O) groups is 1. The van der Waals surface area contributed by atoms with Crippen LogP contribution in [0.4, 0.5) is 11.4 Å². The van der Waals surface area contributed by atoms with E-state index < -0.39 is 11.0 Å². The molecular weight excluding hydrogens is 410 g/mol. The van der Waals surface area contributed by atoms with Gasteiger partial charge in [-0.25, -0.2) is 4.98 Å². The zero-order valence-electron chi connectivity index (χ0n) is 16.4. The molecule has 10 heteroatoms. The van der Waals surface area contributed by atoms with Crippen LogP contribution in [0.25, 0.3) is 10.9 Å². The van der Waals surface area contributed by atoms with Gasteiger partial charge in [0.1, 0.15) is 5.82 Å². The molecule has 0 saturated heterocycles. The molecule has 1 heterocycles. The highest BCUT2D eigenvalue weighted by Gasteiger charge is 2.23. The fourth-order valence-corrected chi connectivity index (χ4v) is 3.22. The van der Waals surface area contributed by atoms with E-state index in [-0.39, 0.29) is 34.4 Å². The van der Waals surface area contributed by atoms with Gasteiger partial charge in [0.05, 0.1) is 39.1 Å². The molecule has 0 aliphatic carbocycles. The molecule has 0 spiro atoms. The number of nitrogens with one attached hydrogen (secondary N) is 2. The standard InChI is InChI=1S/C20H20ClN5O4/c1-3-25(11-18-22-16-7-5-4-6-14(16)20(28)24-18)12(2)19(27)23-17-10-13(26(29)30)8-9-15(17)21/h4-10,12H,3,11H2,1-2H3,(H,23,27)(H,22,24,28). The first-order valence-electron chi connectivity index (χ1n) is 9.27. The van der Waals surface area contributed by atoms with Crippen LogP contribution in [0.1, 0.15) is 19.7 Å². The summed E-state index contributed by atoms with van der Waals surface area (Å²) in [4.78, 5) is 44.5. The number of non-ortho nitro benzene ring substituents is 1. The summed E-state index contributed by atoms with van der Waals surface area (Å²) in [5.74, 6) is 0.0518. The Labute approximate surface area is 176 Å². The second-order valence-electron chi connectivity index (χ2n) is 6.68. The number of fused-ring (bicyclic) bond motifs is 1. The summed E-state index contributed by atoms with van der Waals surface area (Å²) in [5.41, 5.74) is 0.323. The SMILES string of the molecule is CCN(Cc1nc2ccccc2c(=O)[nH]1)C(C)C(=O)Nc1cc([N+](=O)[O-])ccc1Cl. The van der Waals surface area contributed by atoms with Gasteiger partial charge in [-0.05, 0) is 31.7 Å². The number of halogens is 1. The maximum Gasteiger partial charge on any atom is 0.271 e. The third kappa shape index (κ3) is 4.64. The average Bonchev–Trinajstić information content (AvgIpc) is 2.73. The van der Waals surface area contributed by atoms with E-state index in [9.17, 15) is 19.7 Å². The molecule has 0 aliphatic rings. The number of rotatable bonds is 7. The minimum absolute atomic E-state index is 0.163. The minimum atomic E-state index is -0.609. The van der Waals surface area contributed by atoms with Crippen LogP contribution in [0.5, 0.6) is 0 Å². The van der Waals surface area contributed by atoms with Crippen molar-refractivity contribution in [1.29, 1.82) is 0 Å². The Morgan fingerprint density at radius 2 is 2.07 bits per heavy atom. The third-order valence-electron chi connectivity index (χ3n) is 4.77. The Hall–Kier alpha value is -3.30. The van der Waals surface area contributed by atoms with Crippen LogP contribution in [0.15, 0.2) is 47.3 Å². The number of amides is 1. The van der Waals surface area contributed by atoms with E-state index in [1.54, 1.807) is 31.2 Å². The molecule has 2 aromatic carbocycles. The molecule has 0 saturated carbocycles. The van der Waals surface area contributed by atoms with Crippen molar-refractivity contribution >= 4 is 39.8 Å². The van der Waals surface area contributed by atoms with Gasteiger partial charge in [-0.15, -0.1) is 0 Å². The molecule has 9 nitrogen and oxygen atoms in total. The highest BCUT2D eigenvalue weighted by molar-refractivity contribution is 6.33. The van der Waals surface area contributed by atoms with Gasteiger partial charge in [0, 0.05) is 12.1 Å². The molecule has 3 rings (SSSR count). The van der Waals surface area contributed by atoms with Crippen LogP contribution in [-0.4, -0.2) is 38.3 Å². The first kappa shape index (κ1) is 21.4. The number of nitrogens with zero attached hydrogens (tertiary/aromatic N) is 3. The topological polar surface area (TPSA) is 121 Å². The van der Waals surface area contributed by atoms with Crippen molar-refractivity contribution < 1.29 is 9.72 Å². The number of anilines is 1. The second-order valence-corrected chi connectivity index (χ2v) is 7.09. The molecule has 2 N–H and O–H groups in total. The van der Waals surface area contributed by atoms with E-state index in [2.05, 4.69) is 15.3 Å². The smallest absolute Gasteiger partial charge is 0.271 e. The number of carbonyl (C=O) groups excluding carboxylic acids is 1. The van der Waals surface area contributed by atoms with Crippen molar-refractivity contribution in [2.45, 2.75) is 26.4 Å². The summed E-state index contributed by atoms with van der Waals surface area (Å²) in [7, 11) is 0. The van der Waals surface area contributed by atoms with Gasteiger partial charge in [-0.2, -0.15) is 0 Å². The monoisotopic (exact) mass is 429 g/mol. The van der Waals surface area contributed by atoms with Crippen molar-refractivity contribution in [3.05, 3.63) is 73.8 Å². The molecule has 0 fully saturated rings. The molecule has 156 valence electrons. The first-order valence-corrected chi connectivity index (χ1v) is 9.64. The molecule has 1 unspecified atom stereocenters. The van der Waals surface area contributed by atoms with Gasteiger partial charge < -0.3 is 10.3 Å². The largest absolute Gasteiger partial charge is 0.323 e. The predicted octanol–water partition coefficient (Wildman–Crippen LogP) is 3.33. The van der Waals surface area contributed by atoms with Gasteiger partial charge >= 0.3 is 0 Å². The Morgan fingerprint density at radius 1 is 1.33 bits per heavy atom. The number of hydrogen-bond donors (Lipinski definition) is 2. The van der Waals surface area contributed by atoms with Gasteiger partial charge in [-0.1, -0.05) is 30.7 Å². The van der Waals surface area contributed by atoms with Crippen LogP contribution in [0, 0.1) is 10.1 Å². The fraction of sp³-hybridized carbons (Fsp3) is 0.250. The highest BCUT2D eigenvalue weighted by Crippen LogP contribution is 2.27. The lowest BCUT2D eigenvalue weighted by atomic mass is 10.2. The lowest BCUT2D eigenvalue weighted by Crippen LogP contribution is -2.42. The summed E-state index contributed by atoms with van der Waals surface area (Å²) in [6.45, 7) is 4.33. The van der Waals surface area contributed by atoms with E-state index in [0.717, 1.165) is 0 Å². The third-order valence-corrected chi connectivity index (χ3v) is 5.10. The van der Waals surface area contributed by atoms with Crippen molar-refractivity contribution in [3.8, 4) is 0 Å². The number of para-hydroxylation sites is 1. The lowest BCUT2D eigenvalue weighted by Gasteiger charge is -2.26. The van der Waals surface area contributed by atoms with Gasteiger partial charge in [0.15, 0.2) is 0 Å². The van der Waals surface area contributed by atoms with E-state index >= 15 is 0 Å². The maximum atomic E-state index is 12.7. The Morgan fingerprint density at radius 3 is 2.77 bits per heavy atom. The maximum absolute atomic E-state index is 12.7. The summed E-state index contributed by atoms with van der Waals surface area (Å²) < 4.78 is 0. The summed E-state index contributed by atoms with van der Waals surface area (Å²) in [6, 6.07) is 10.3. The number of H-pyrrole nitrogens is 1. The molecule has 1 aromatic heterocycles. The van der Waals surface area contributed by atoms with Crippen LogP contribution < -0.4 is 10.9 Å². The van der Waals surface area contributed by atoms with Crippen LogP contribution in [0.3, 0.4) is 0 Å². The number of likely N-dealkylation sites (N-methyl/N-ethyl adjacent to an activating group) is 1. The number of benzene rings is 2. The van der Waals surface area contributed by atoms with Crippen molar-refractivity contribution in [2.24, 2.45) is 0 Å². The Kier molecular flexibility index (Phi) is 6.43. The zero-order valence-corrected chi connectivity index (χ0v) is 17.1. The van der Waals surface area contributed by atoms with E-state index in [0.29, 0.717) is 23.3 Å². The normalized spacial score (nSPS) is 12.1. The van der Waals surface area contributed by atoms with Gasteiger partial charge in [0.2, 0.25) is 5.91 Å². The number of hydrogen-bond acceptors (Lipinski definition) is 6. The molecule has 1 atom stereocenters. The van der Waals surface area contributed by atoms with Gasteiger partial charge in [0.25, 0.3) is 11.2 Å². The molecule has 30 heavy (non-hydrogen) atoms. The van der Waals surface area contributed by atoms with E-state index in [4.69, 9.17) is 11.6 Å². The molecule has 3 aromatic rings. The minimum Gasteiger partial charge on any atom is -0.323 e. The molecule has 0 aliphatic heterocycles. The van der Waals surface area contributed by atoms with Crippen molar-refractivity contribution in [2.75, 3.05) is 11.9 Å². The lowest BCUT2D eigenvalue weighted by molar-refractivity contribution is -0.384. The molecule has 1 amide bonds. The van der Waals surface area contributed by atoms with Crippen LogP contribution in [-0.2, 0) is 11.3 Å². The second kappa shape index (κ2) is 9.02. The first-order chi connectivity index (χ1) is 14.3. The highest BCUT2D eigenvalue weighted by atomic mass is 35.5. The number of nitro groups is 1. The predicted molar refractivity (Wildman–Crippen MR) is 115 cm³/mol. The van der Waals surface area contributed by atoms with Gasteiger partial charge in [-0.3, -0.25) is 24.6 Å². The molecular formula is C20H20ClN5O4. The Balaban J connectivity index is 1.78. The molecule has 0 radical (unpaired) electrons. The quantitative estimate of drug-likeness (QED) is 0.439. The number of aromatic nitrogens is 2. The summed E-state index contributed by atoms with van der Waals surface area (Å²) in [5, 5.41) is 14.3. The summed E-state index contributed by atoms with van der Waals surface area (Å²) >= 11 is 6.07. The average molecular weight is 430 g/mol. The van der Waals surface area contributed by atoms with Crippen LogP contribution >= 0.6 is 11.6 Å². The van der Waals surface area contributed by atoms with Crippen molar-refractivity contribution in [1.82, 2.24) is 14.9 Å². The summed E-state index contributed by atoms with van der Waals surface area (Å²) in [6.07, 6.45) is 0. The van der Waals surface area contributed by atoms with E-state index in [1.807, 2.05) is 11.8 Å². The Bertz CT molecular complexity index is 1160.